The van der Waals surface area contributed by atoms with E-state index in [0.717, 1.165) is 23.4 Å². The van der Waals surface area contributed by atoms with Crippen LogP contribution in [0.25, 0.3) is 10.2 Å². The van der Waals surface area contributed by atoms with Gasteiger partial charge >= 0.3 is 0 Å². The number of sulfone groups is 1. The summed E-state index contributed by atoms with van der Waals surface area (Å²) >= 11 is 1.68. The summed E-state index contributed by atoms with van der Waals surface area (Å²) in [5, 5.41) is 1.06. The number of aromatic nitrogens is 1. The van der Waals surface area contributed by atoms with Crippen LogP contribution in [0.3, 0.4) is 0 Å². The monoisotopic (exact) mass is 310 g/mol. The van der Waals surface area contributed by atoms with Gasteiger partial charge in [0.1, 0.15) is 0 Å². The van der Waals surface area contributed by atoms with Crippen molar-refractivity contribution in [1.29, 1.82) is 0 Å². The maximum atomic E-state index is 11.6. The Kier molecular flexibility index (Phi) is 3.79. The van der Waals surface area contributed by atoms with Crippen molar-refractivity contribution in [2.75, 3.05) is 18.1 Å². The molecule has 2 heterocycles. The molecule has 1 fully saturated rings. The van der Waals surface area contributed by atoms with Gasteiger partial charge in [-0.3, -0.25) is 0 Å². The molecule has 0 amide bonds. The van der Waals surface area contributed by atoms with Crippen LogP contribution in [0.15, 0.2) is 24.3 Å². The number of fused-ring (bicyclic) bond motifs is 1. The number of hydrogen-bond acceptors (Lipinski definition) is 5. The molecule has 6 heteroatoms. The minimum Gasteiger partial charge on any atom is -0.330 e. The van der Waals surface area contributed by atoms with Crippen molar-refractivity contribution in [2.24, 2.45) is 17.6 Å². The van der Waals surface area contributed by atoms with Crippen molar-refractivity contribution in [2.45, 2.75) is 12.8 Å². The molecule has 2 aromatic rings. The molecule has 1 aromatic heterocycles. The molecule has 0 spiro atoms. The molecule has 1 aliphatic rings. The molecule has 108 valence electrons. The summed E-state index contributed by atoms with van der Waals surface area (Å²) < 4.78 is 24.4. The van der Waals surface area contributed by atoms with Gasteiger partial charge in [-0.25, -0.2) is 13.4 Å². The van der Waals surface area contributed by atoms with Crippen LogP contribution in [-0.4, -0.2) is 31.5 Å². The zero-order valence-electron chi connectivity index (χ0n) is 11.2. The maximum Gasteiger partial charge on any atom is 0.150 e. The van der Waals surface area contributed by atoms with Crippen LogP contribution in [0.1, 0.15) is 11.4 Å². The van der Waals surface area contributed by atoms with E-state index in [0.29, 0.717) is 18.1 Å². The molecule has 2 atom stereocenters. The first-order valence-electron chi connectivity index (χ1n) is 6.82. The van der Waals surface area contributed by atoms with Crippen LogP contribution < -0.4 is 5.73 Å². The molecule has 4 nitrogen and oxygen atoms in total. The molecule has 0 bridgehead atoms. The maximum absolute atomic E-state index is 11.6. The zero-order chi connectivity index (χ0) is 14.2. The molecule has 0 aliphatic carbocycles. The number of rotatable bonds is 4. The summed E-state index contributed by atoms with van der Waals surface area (Å²) in [6.45, 7) is 0.524. The fraction of sp³-hybridized carbons (Fsp3) is 0.500. The lowest BCUT2D eigenvalue weighted by Gasteiger charge is -2.19. The van der Waals surface area contributed by atoms with Crippen molar-refractivity contribution in [3.05, 3.63) is 29.3 Å². The van der Waals surface area contributed by atoms with E-state index in [1.54, 1.807) is 11.3 Å². The standard InChI is InChI=1S/C14H18N2O2S2/c15-8-11(10-5-6-20(17,18)9-10)7-14-16-12-3-1-2-4-13(12)19-14/h1-4,10-11H,5-9,15H2. The van der Waals surface area contributed by atoms with Gasteiger partial charge in [-0.05, 0) is 36.9 Å². The Morgan fingerprint density at radius 3 is 2.85 bits per heavy atom. The van der Waals surface area contributed by atoms with Crippen LogP contribution in [0.2, 0.25) is 0 Å². The third-order valence-electron chi connectivity index (χ3n) is 4.01. The predicted octanol–water partition coefficient (Wildman–Crippen LogP) is 1.85. The molecule has 1 aromatic carbocycles. The van der Waals surface area contributed by atoms with E-state index in [9.17, 15) is 8.42 Å². The number of para-hydroxylation sites is 1. The molecule has 0 saturated carbocycles. The van der Waals surface area contributed by atoms with E-state index in [2.05, 4.69) is 11.1 Å². The summed E-state index contributed by atoms with van der Waals surface area (Å²) in [6, 6.07) is 8.06. The van der Waals surface area contributed by atoms with Crippen molar-refractivity contribution >= 4 is 31.4 Å². The highest BCUT2D eigenvalue weighted by Gasteiger charge is 2.33. The Morgan fingerprint density at radius 2 is 2.20 bits per heavy atom. The lowest BCUT2D eigenvalue weighted by molar-refractivity contribution is 0.370. The third kappa shape index (κ3) is 2.87. The third-order valence-corrected chi connectivity index (χ3v) is 6.86. The predicted molar refractivity (Wildman–Crippen MR) is 82.6 cm³/mol. The number of nitrogens with two attached hydrogens (primary N) is 1. The number of thiazole rings is 1. The van der Waals surface area contributed by atoms with Gasteiger partial charge in [0.15, 0.2) is 9.84 Å². The summed E-state index contributed by atoms with van der Waals surface area (Å²) in [4.78, 5) is 4.62. The number of hydrogen-bond donors (Lipinski definition) is 1. The smallest absolute Gasteiger partial charge is 0.150 e. The highest BCUT2D eigenvalue weighted by atomic mass is 32.2. The van der Waals surface area contributed by atoms with E-state index in [-0.39, 0.29) is 11.8 Å². The second kappa shape index (κ2) is 5.42. The van der Waals surface area contributed by atoms with Crippen LogP contribution in [-0.2, 0) is 16.3 Å². The molecule has 20 heavy (non-hydrogen) atoms. The fourth-order valence-electron chi connectivity index (χ4n) is 2.87. The highest BCUT2D eigenvalue weighted by molar-refractivity contribution is 7.91. The van der Waals surface area contributed by atoms with Crippen LogP contribution in [0.4, 0.5) is 0 Å². The van der Waals surface area contributed by atoms with Crippen LogP contribution in [0.5, 0.6) is 0 Å². The topological polar surface area (TPSA) is 73.0 Å². The fourth-order valence-corrected chi connectivity index (χ4v) is 5.85. The van der Waals surface area contributed by atoms with Gasteiger partial charge < -0.3 is 5.73 Å². The van der Waals surface area contributed by atoms with Crippen molar-refractivity contribution in [3.8, 4) is 0 Å². The summed E-state index contributed by atoms with van der Waals surface area (Å²) in [5.74, 6) is 1.01. The first kappa shape index (κ1) is 14.0. The average Bonchev–Trinajstić information content (AvgIpc) is 2.98. The first-order chi connectivity index (χ1) is 9.57. The molecular weight excluding hydrogens is 292 g/mol. The second-order valence-electron chi connectivity index (χ2n) is 5.44. The Balaban J connectivity index is 1.77. The Morgan fingerprint density at radius 1 is 1.40 bits per heavy atom. The Labute approximate surface area is 122 Å². The quantitative estimate of drug-likeness (QED) is 0.935. The van der Waals surface area contributed by atoms with E-state index in [4.69, 9.17) is 5.73 Å². The molecule has 0 radical (unpaired) electrons. The number of benzene rings is 1. The normalized spacial score (nSPS) is 23.1. The molecule has 2 unspecified atom stereocenters. The molecule has 1 saturated heterocycles. The molecule has 2 N–H and O–H groups in total. The Hall–Kier alpha value is -0.980. The SMILES string of the molecule is NCC(Cc1nc2ccccc2s1)C1CCS(=O)(=O)C1. The van der Waals surface area contributed by atoms with Crippen molar-refractivity contribution in [3.63, 3.8) is 0 Å². The zero-order valence-corrected chi connectivity index (χ0v) is 12.8. The van der Waals surface area contributed by atoms with Gasteiger partial charge in [0, 0.05) is 6.42 Å². The lowest BCUT2D eigenvalue weighted by atomic mass is 9.89. The number of nitrogens with zero attached hydrogens (tertiary/aromatic N) is 1. The van der Waals surface area contributed by atoms with E-state index in [1.165, 1.54) is 4.70 Å². The van der Waals surface area contributed by atoms with Gasteiger partial charge in [0.2, 0.25) is 0 Å². The second-order valence-corrected chi connectivity index (χ2v) is 8.78. The molecule has 3 rings (SSSR count). The van der Waals surface area contributed by atoms with Gasteiger partial charge in [-0.15, -0.1) is 11.3 Å². The van der Waals surface area contributed by atoms with Gasteiger partial charge in [0.25, 0.3) is 0 Å². The first-order valence-corrected chi connectivity index (χ1v) is 9.46. The average molecular weight is 310 g/mol. The van der Waals surface area contributed by atoms with Crippen molar-refractivity contribution in [1.82, 2.24) is 4.98 Å². The van der Waals surface area contributed by atoms with E-state index in [1.807, 2.05) is 18.2 Å². The van der Waals surface area contributed by atoms with Gasteiger partial charge in [0.05, 0.1) is 26.7 Å². The van der Waals surface area contributed by atoms with E-state index >= 15 is 0 Å². The highest BCUT2D eigenvalue weighted by Crippen LogP contribution is 2.30. The van der Waals surface area contributed by atoms with Gasteiger partial charge in [-0.1, -0.05) is 12.1 Å². The Bertz CT molecular complexity index is 676. The molecule has 1 aliphatic heterocycles. The summed E-state index contributed by atoms with van der Waals surface area (Å²) in [6.07, 6.45) is 1.53. The molecular formula is C14H18N2O2S2. The van der Waals surface area contributed by atoms with Crippen LogP contribution in [0, 0.1) is 11.8 Å². The lowest BCUT2D eigenvalue weighted by Crippen LogP contribution is -2.26. The van der Waals surface area contributed by atoms with Gasteiger partial charge in [-0.2, -0.15) is 0 Å². The van der Waals surface area contributed by atoms with Crippen molar-refractivity contribution < 1.29 is 8.42 Å². The summed E-state index contributed by atoms with van der Waals surface area (Å²) in [5.41, 5.74) is 6.88. The minimum absolute atomic E-state index is 0.192. The van der Waals surface area contributed by atoms with E-state index < -0.39 is 9.84 Å². The van der Waals surface area contributed by atoms with Crippen LogP contribution >= 0.6 is 11.3 Å². The minimum atomic E-state index is -2.84. The summed E-state index contributed by atoms with van der Waals surface area (Å²) in [7, 11) is -2.84. The largest absolute Gasteiger partial charge is 0.330 e.